The van der Waals surface area contributed by atoms with Crippen molar-refractivity contribution in [1.29, 1.82) is 5.26 Å². The molecule has 2 aromatic rings. The van der Waals surface area contributed by atoms with E-state index in [9.17, 15) is 10.1 Å². The summed E-state index contributed by atoms with van der Waals surface area (Å²) >= 11 is 0. The van der Waals surface area contributed by atoms with Crippen LogP contribution in [0.3, 0.4) is 0 Å². The van der Waals surface area contributed by atoms with Crippen LogP contribution >= 0.6 is 0 Å². The van der Waals surface area contributed by atoms with E-state index in [1.165, 1.54) is 7.11 Å². The normalized spacial score (nSPS) is 12.0. The molecule has 0 amide bonds. The first-order chi connectivity index (χ1) is 10.1. The second kappa shape index (κ2) is 6.18. The lowest BCUT2D eigenvalue weighted by Crippen LogP contribution is -2.36. The number of carbonyl (C=O) groups is 1. The van der Waals surface area contributed by atoms with E-state index >= 15 is 0 Å². The number of fused-ring (bicyclic) bond motifs is 1. The highest BCUT2D eigenvalue weighted by Gasteiger charge is 2.25. The highest BCUT2D eigenvalue weighted by Crippen LogP contribution is 2.25. The SMILES string of the molecule is COC(=O)C(Nc1c(C#N)nnc2ccccc12)C(C)C. The second-order valence-corrected chi connectivity index (χ2v) is 4.94. The molecule has 2 rings (SSSR count). The number of carbonyl (C=O) groups excluding carboxylic acids is 1. The van der Waals surface area contributed by atoms with Crippen LogP contribution in [-0.4, -0.2) is 29.3 Å². The van der Waals surface area contributed by atoms with Crippen LogP contribution in [0.2, 0.25) is 0 Å². The monoisotopic (exact) mass is 284 g/mol. The molecule has 0 bridgehead atoms. The number of nitrogens with zero attached hydrogens (tertiary/aromatic N) is 3. The van der Waals surface area contributed by atoms with Gasteiger partial charge in [-0.1, -0.05) is 32.0 Å². The van der Waals surface area contributed by atoms with Crippen molar-refractivity contribution in [3.05, 3.63) is 30.0 Å². The molecule has 0 aliphatic rings. The molecule has 1 aromatic carbocycles. The average Bonchev–Trinajstić information content (AvgIpc) is 2.51. The molecule has 6 nitrogen and oxygen atoms in total. The molecule has 1 unspecified atom stereocenters. The summed E-state index contributed by atoms with van der Waals surface area (Å²) in [6, 6.07) is 8.76. The van der Waals surface area contributed by atoms with Gasteiger partial charge in [-0.2, -0.15) is 5.26 Å². The Kier molecular flexibility index (Phi) is 4.33. The number of methoxy groups -OCH3 is 1. The summed E-state index contributed by atoms with van der Waals surface area (Å²) in [6.45, 7) is 3.80. The number of hydrogen-bond donors (Lipinski definition) is 1. The Balaban J connectivity index is 2.54. The Morgan fingerprint density at radius 2 is 2.05 bits per heavy atom. The van der Waals surface area contributed by atoms with E-state index in [2.05, 4.69) is 15.5 Å². The van der Waals surface area contributed by atoms with Gasteiger partial charge in [0.25, 0.3) is 0 Å². The molecule has 1 N–H and O–H groups in total. The van der Waals surface area contributed by atoms with Crippen molar-refractivity contribution in [2.45, 2.75) is 19.9 Å². The number of nitrogens with one attached hydrogen (secondary N) is 1. The van der Waals surface area contributed by atoms with Gasteiger partial charge in [0.1, 0.15) is 12.1 Å². The minimum Gasteiger partial charge on any atom is -0.467 e. The topological polar surface area (TPSA) is 87.9 Å². The van der Waals surface area contributed by atoms with Crippen LogP contribution in [0.1, 0.15) is 19.5 Å². The van der Waals surface area contributed by atoms with E-state index in [-0.39, 0.29) is 17.6 Å². The van der Waals surface area contributed by atoms with Gasteiger partial charge in [-0.3, -0.25) is 0 Å². The molecule has 0 spiro atoms. The zero-order valence-corrected chi connectivity index (χ0v) is 12.1. The molecular weight excluding hydrogens is 268 g/mol. The van der Waals surface area contributed by atoms with E-state index < -0.39 is 6.04 Å². The highest BCUT2D eigenvalue weighted by molar-refractivity contribution is 5.94. The summed E-state index contributed by atoms with van der Waals surface area (Å²) in [4.78, 5) is 11.9. The van der Waals surface area contributed by atoms with Crippen molar-refractivity contribution in [2.24, 2.45) is 5.92 Å². The average molecular weight is 284 g/mol. The van der Waals surface area contributed by atoms with Crippen LogP contribution in [-0.2, 0) is 9.53 Å². The molecule has 1 atom stereocenters. The molecule has 6 heteroatoms. The molecule has 0 saturated carbocycles. The van der Waals surface area contributed by atoms with Crippen molar-refractivity contribution >= 4 is 22.6 Å². The predicted molar refractivity (Wildman–Crippen MR) is 78.5 cm³/mol. The first-order valence-electron chi connectivity index (χ1n) is 6.58. The third-order valence-electron chi connectivity index (χ3n) is 3.20. The Bertz CT molecular complexity index is 706. The highest BCUT2D eigenvalue weighted by atomic mass is 16.5. The summed E-state index contributed by atoms with van der Waals surface area (Å²) in [6.07, 6.45) is 0. The fraction of sp³-hybridized carbons (Fsp3) is 0.333. The minimum atomic E-state index is -0.560. The Labute approximate surface area is 122 Å². The maximum Gasteiger partial charge on any atom is 0.328 e. The Morgan fingerprint density at radius 1 is 1.33 bits per heavy atom. The number of ether oxygens (including phenoxy) is 1. The second-order valence-electron chi connectivity index (χ2n) is 4.94. The largest absolute Gasteiger partial charge is 0.467 e. The maximum absolute atomic E-state index is 11.9. The van der Waals surface area contributed by atoms with Crippen molar-refractivity contribution in [2.75, 3.05) is 12.4 Å². The first kappa shape index (κ1) is 14.7. The van der Waals surface area contributed by atoms with E-state index in [0.717, 1.165) is 5.39 Å². The third kappa shape index (κ3) is 2.92. The molecule has 0 saturated heterocycles. The number of esters is 1. The zero-order valence-electron chi connectivity index (χ0n) is 12.1. The van der Waals surface area contributed by atoms with Crippen LogP contribution in [0.15, 0.2) is 24.3 Å². The quantitative estimate of drug-likeness (QED) is 0.865. The van der Waals surface area contributed by atoms with Crippen LogP contribution < -0.4 is 5.32 Å². The van der Waals surface area contributed by atoms with Crippen LogP contribution in [0, 0.1) is 17.2 Å². The summed E-state index contributed by atoms with van der Waals surface area (Å²) in [5.41, 5.74) is 1.32. The van der Waals surface area contributed by atoms with E-state index in [1.54, 1.807) is 6.07 Å². The lowest BCUT2D eigenvalue weighted by molar-refractivity contribution is -0.142. The van der Waals surface area contributed by atoms with Gasteiger partial charge in [-0.15, -0.1) is 10.2 Å². The van der Waals surface area contributed by atoms with E-state index in [0.29, 0.717) is 11.2 Å². The smallest absolute Gasteiger partial charge is 0.328 e. The Morgan fingerprint density at radius 3 is 2.67 bits per heavy atom. The molecule has 21 heavy (non-hydrogen) atoms. The lowest BCUT2D eigenvalue weighted by atomic mass is 10.0. The standard InChI is InChI=1S/C15H16N4O2/c1-9(2)13(15(20)21-3)17-14-10-6-4-5-7-11(10)18-19-12(14)8-16/h4-7,9,13H,1-3H3,(H,17,18). The number of anilines is 1. The zero-order chi connectivity index (χ0) is 15.4. The molecular formula is C15H16N4O2. The van der Waals surface area contributed by atoms with Gasteiger partial charge in [0.15, 0.2) is 5.69 Å². The van der Waals surface area contributed by atoms with Crippen LogP contribution in [0.25, 0.3) is 10.9 Å². The van der Waals surface area contributed by atoms with Crippen molar-refractivity contribution in [3.63, 3.8) is 0 Å². The minimum absolute atomic E-state index is 0.00378. The number of benzene rings is 1. The van der Waals surface area contributed by atoms with Gasteiger partial charge < -0.3 is 10.1 Å². The summed E-state index contributed by atoms with van der Waals surface area (Å²) in [5, 5.41) is 21.0. The number of rotatable bonds is 4. The van der Waals surface area contributed by atoms with Crippen molar-refractivity contribution in [1.82, 2.24) is 10.2 Å². The van der Waals surface area contributed by atoms with Crippen LogP contribution in [0.5, 0.6) is 0 Å². The predicted octanol–water partition coefficient (Wildman–Crippen LogP) is 2.11. The van der Waals surface area contributed by atoms with Gasteiger partial charge >= 0.3 is 5.97 Å². The molecule has 0 aliphatic carbocycles. The van der Waals surface area contributed by atoms with E-state index in [1.807, 2.05) is 38.1 Å². The third-order valence-corrected chi connectivity index (χ3v) is 3.20. The van der Waals surface area contributed by atoms with Crippen molar-refractivity contribution < 1.29 is 9.53 Å². The van der Waals surface area contributed by atoms with Gasteiger partial charge in [0, 0.05) is 5.39 Å². The number of hydrogen-bond acceptors (Lipinski definition) is 6. The lowest BCUT2D eigenvalue weighted by Gasteiger charge is -2.22. The van der Waals surface area contributed by atoms with Crippen molar-refractivity contribution in [3.8, 4) is 6.07 Å². The van der Waals surface area contributed by atoms with Gasteiger partial charge in [-0.25, -0.2) is 4.79 Å². The summed E-state index contributed by atoms with van der Waals surface area (Å²) < 4.78 is 4.81. The molecule has 0 aliphatic heterocycles. The molecule has 0 radical (unpaired) electrons. The molecule has 108 valence electrons. The molecule has 0 fully saturated rings. The number of aromatic nitrogens is 2. The Hall–Kier alpha value is -2.68. The summed E-state index contributed by atoms with van der Waals surface area (Å²) in [5.74, 6) is -0.384. The van der Waals surface area contributed by atoms with Gasteiger partial charge in [-0.05, 0) is 12.0 Å². The molecule has 1 heterocycles. The van der Waals surface area contributed by atoms with E-state index in [4.69, 9.17) is 4.74 Å². The van der Waals surface area contributed by atoms with Gasteiger partial charge in [0.2, 0.25) is 0 Å². The maximum atomic E-state index is 11.9. The fourth-order valence-electron chi connectivity index (χ4n) is 2.06. The fourth-order valence-corrected chi connectivity index (χ4v) is 2.06. The molecule has 1 aromatic heterocycles. The number of nitriles is 1. The summed E-state index contributed by atoms with van der Waals surface area (Å²) in [7, 11) is 1.34. The van der Waals surface area contributed by atoms with Gasteiger partial charge in [0.05, 0.1) is 18.3 Å². The van der Waals surface area contributed by atoms with Crippen LogP contribution in [0.4, 0.5) is 5.69 Å². The first-order valence-corrected chi connectivity index (χ1v) is 6.58.